The lowest BCUT2D eigenvalue weighted by molar-refractivity contribution is 0.0996. The number of carbonyl (C=O) groups excluding carboxylic acids is 1. The lowest BCUT2D eigenvalue weighted by atomic mass is 9.99. The van der Waals surface area contributed by atoms with E-state index in [1.165, 1.54) is 19.1 Å². The Bertz CT molecular complexity index is 647. The van der Waals surface area contributed by atoms with E-state index in [4.69, 9.17) is 16.0 Å². The fraction of sp³-hybridized carbons (Fsp3) is 0.353. The summed E-state index contributed by atoms with van der Waals surface area (Å²) in [5.74, 6) is 0.785. The van der Waals surface area contributed by atoms with E-state index < -0.39 is 0 Å². The van der Waals surface area contributed by atoms with Gasteiger partial charge in [-0.3, -0.25) is 4.79 Å². The molecule has 1 amide bonds. The van der Waals surface area contributed by atoms with Gasteiger partial charge in [0, 0.05) is 18.8 Å². The molecule has 5 heteroatoms. The number of amides is 1. The van der Waals surface area contributed by atoms with E-state index in [0.29, 0.717) is 10.7 Å². The van der Waals surface area contributed by atoms with Crippen molar-refractivity contribution in [2.24, 2.45) is 5.92 Å². The Morgan fingerprint density at radius 1 is 1.32 bits per heavy atom. The fourth-order valence-corrected chi connectivity index (χ4v) is 2.99. The van der Waals surface area contributed by atoms with E-state index in [1.54, 1.807) is 18.2 Å². The van der Waals surface area contributed by atoms with Gasteiger partial charge in [0.05, 0.1) is 17.0 Å². The van der Waals surface area contributed by atoms with Crippen LogP contribution in [0.4, 0.5) is 11.4 Å². The highest BCUT2D eigenvalue weighted by Gasteiger charge is 2.18. The fourth-order valence-electron chi connectivity index (χ4n) is 2.69. The van der Waals surface area contributed by atoms with Crippen molar-refractivity contribution in [3.05, 3.63) is 47.4 Å². The summed E-state index contributed by atoms with van der Waals surface area (Å²) >= 11 is 6.39. The molecule has 22 heavy (non-hydrogen) atoms. The number of benzene rings is 1. The Kier molecular flexibility index (Phi) is 4.39. The number of furan rings is 1. The van der Waals surface area contributed by atoms with Crippen LogP contribution in [-0.2, 0) is 0 Å². The van der Waals surface area contributed by atoms with Gasteiger partial charge in [0.2, 0.25) is 0 Å². The van der Waals surface area contributed by atoms with Crippen molar-refractivity contribution in [1.82, 2.24) is 0 Å². The molecule has 1 saturated heterocycles. The molecule has 0 spiro atoms. The molecule has 0 saturated carbocycles. The molecular formula is C17H19ClN2O2. The summed E-state index contributed by atoms with van der Waals surface area (Å²) in [7, 11) is 0. The van der Waals surface area contributed by atoms with Crippen LogP contribution in [0.3, 0.4) is 0 Å². The predicted octanol–water partition coefficient (Wildman–Crippen LogP) is 4.42. The zero-order chi connectivity index (χ0) is 15.5. The first-order chi connectivity index (χ1) is 10.6. The molecule has 1 N–H and O–H groups in total. The summed E-state index contributed by atoms with van der Waals surface area (Å²) in [6, 6.07) is 8.94. The van der Waals surface area contributed by atoms with E-state index >= 15 is 0 Å². The first kappa shape index (κ1) is 15.0. The van der Waals surface area contributed by atoms with Crippen LogP contribution in [0.5, 0.6) is 0 Å². The van der Waals surface area contributed by atoms with Crippen molar-refractivity contribution in [2.75, 3.05) is 23.3 Å². The molecule has 0 aliphatic carbocycles. The summed E-state index contributed by atoms with van der Waals surface area (Å²) in [6.45, 7) is 4.34. The average molecular weight is 319 g/mol. The van der Waals surface area contributed by atoms with E-state index in [9.17, 15) is 4.79 Å². The zero-order valence-corrected chi connectivity index (χ0v) is 13.3. The van der Waals surface area contributed by atoms with Gasteiger partial charge >= 0.3 is 0 Å². The predicted molar refractivity (Wildman–Crippen MR) is 88.7 cm³/mol. The first-order valence-electron chi connectivity index (χ1n) is 7.53. The largest absolute Gasteiger partial charge is 0.459 e. The zero-order valence-electron chi connectivity index (χ0n) is 12.5. The van der Waals surface area contributed by atoms with E-state index in [2.05, 4.69) is 17.1 Å². The summed E-state index contributed by atoms with van der Waals surface area (Å²) in [5, 5.41) is 3.45. The normalized spacial score (nSPS) is 15.8. The van der Waals surface area contributed by atoms with Crippen LogP contribution in [-0.4, -0.2) is 19.0 Å². The molecule has 0 atom stereocenters. The summed E-state index contributed by atoms with van der Waals surface area (Å²) in [6.07, 6.45) is 3.85. The molecule has 1 aromatic heterocycles. The molecular weight excluding hydrogens is 300 g/mol. The second-order valence-electron chi connectivity index (χ2n) is 5.77. The quantitative estimate of drug-likeness (QED) is 0.911. The maximum Gasteiger partial charge on any atom is 0.291 e. The van der Waals surface area contributed by atoms with Crippen LogP contribution in [0, 0.1) is 5.92 Å². The smallest absolute Gasteiger partial charge is 0.291 e. The second-order valence-corrected chi connectivity index (χ2v) is 6.17. The highest BCUT2D eigenvalue weighted by molar-refractivity contribution is 6.33. The SMILES string of the molecule is CC1CCN(c2ccc(NC(=O)c3ccco3)cc2Cl)CC1. The molecule has 1 aromatic carbocycles. The standard InChI is InChI=1S/C17H19ClN2O2/c1-12-6-8-20(9-7-12)15-5-4-13(11-14(15)18)19-17(21)16-3-2-10-22-16/h2-5,10-12H,6-9H2,1H3,(H,19,21). The van der Waals surface area contributed by atoms with Crippen LogP contribution in [0.15, 0.2) is 41.0 Å². The van der Waals surface area contributed by atoms with E-state index in [0.717, 1.165) is 24.7 Å². The highest BCUT2D eigenvalue weighted by Crippen LogP contribution is 2.31. The van der Waals surface area contributed by atoms with Gasteiger partial charge in [-0.2, -0.15) is 0 Å². The number of hydrogen-bond acceptors (Lipinski definition) is 3. The van der Waals surface area contributed by atoms with Crippen molar-refractivity contribution in [2.45, 2.75) is 19.8 Å². The van der Waals surface area contributed by atoms with E-state index in [1.807, 2.05) is 12.1 Å². The van der Waals surface area contributed by atoms with Crippen LogP contribution in [0.2, 0.25) is 5.02 Å². The van der Waals surface area contributed by atoms with Gasteiger partial charge in [0.15, 0.2) is 5.76 Å². The van der Waals surface area contributed by atoms with Gasteiger partial charge in [-0.05, 0) is 49.1 Å². The molecule has 1 aliphatic heterocycles. The minimum absolute atomic E-state index is 0.277. The van der Waals surface area contributed by atoms with Gasteiger partial charge in [-0.15, -0.1) is 0 Å². The van der Waals surface area contributed by atoms with Gasteiger partial charge in [0.1, 0.15) is 0 Å². The second kappa shape index (κ2) is 6.44. The Labute approximate surface area is 135 Å². The number of anilines is 2. The summed E-state index contributed by atoms with van der Waals surface area (Å²) in [5.41, 5.74) is 1.70. The molecule has 0 unspecified atom stereocenters. The van der Waals surface area contributed by atoms with Crippen molar-refractivity contribution < 1.29 is 9.21 Å². The Balaban J connectivity index is 1.71. The van der Waals surface area contributed by atoms with E-state index in [-0.39, 0.29) is 11.7 Å². The third-order valence-corrected chi connectivity index (χ3v) is 4.38. The molecule has 1 aliphatic rings. The average Bonchev–Trinajstić information content (AvgIpc) is 3.03. The molecule has 1 fully saturated rings. The summed E-state index contributed by atoms with van der Waals surface area (Å²) < 4.78 is 5.07. The molecule has 0 radical (unpaired) electrons. The number of nitrogens with zero attached hydrogens (tertiary/aromatic N) is 1. The number of carbonyl (C=O) groups is 1. The molecule has 4 nitrogen and oxygen atoms in total. The minimum atomic E-state index is -0.277. The molecule has 2 aromatic rings. The maximum absolute atomic E-state index is 12.0. The first-order valence-corrected chi connectivity index (χ1v) is 7.90. The molecule has 3 rings (SSSR count). The van der Waals surface area contributed by atoms with Crippen LogP contribution >= 0.6 is 11.6 Å². The van der Waals surface area contributed by atoms with Gasteiger partial charge < -0.3 is 14.6 Å². The van der Waals surface area contributed by atoms with Gasteiger partial charge in [-0.1, -0.05) is 18.5 Å². The van der Waals surface area contributed by atoms with Crippen molar-refractivity contribution in [1.29, 1.82) is 0 Å². The lowest BCUT2D eigenvalue weighted by Crippen LogP contribution is -2.32. The van der Waals surface area contributed by atoms with Gasteiger partial charge in [-0.25, -0.2) is 0 Å². The highest BCUT2D eigenvalue weighted by atomic mass is 35.5. The lowest BCUT2D eigenvalue weighted by Gasteiger charge is -2.32. The Morgan fingerprint density at radius 3 is 2.73 bits per heavy atom. The monoisotopic (exact) mass is 318 g/mol. The number of piperidine rings is 1. The molecule has 116 valence electrons. The maximum atomic E-state index is 12.0. The molecule has 0 bridgehead atoms. The third kappa shape index (κ3) is 3.28. The number of hydrogen-bond donors (Lipinski definition) is 1. The van der Waals surface area contributed by atoms with Crippen molar-refractivity contribution in [3.8, 4) is 0 Å². The van der Waals surface area contributed by atoms with Gasteiger partial charge in [0.25, 0.3) is 5.91 Å². The molecule has 2 heterocycles. The summed E-state index contributed by atoms with van der Waals surface area (Å²) in [4.78, 5) is 14.3. The Hall–Kier alpha value is -1.94. The van der Waals surface area contributed by atoms with Crippen molar-refractivity contribution in [3.63, 3.8) is 0 Å². The number of halogens is 1. The topological polar surface area (TPSA) is 45.5 Å². The van der Waals surface area contributed by atoms with Crippen LogP contribution in [0.25, 0.3) is 0 Å². The minimum Gasteiger partial charge on any atom is -0.459 e. The van der Waals surface area contributed by atoms with Crippen LogP contribution < -0.4 is 10.2 Å². The number of nitrogens with one attached hydrogen (secondary N) is 1. The van der Waals surface area contributed by atoms with Crippen LogP contribution in [0.1, 0.15) is 30.3 Å². The van der Waals surface area contributed by atoms with Crippen molar-refractivity contribution >= 4 is 28.9 Å². The number of rotatable bonds is 3. The Morgan fingerprint density at radius 2 is 2.09 bits per heavy atom. The third-order valence-electron chi connectivity index (χ3n) is 4.07.